The van der Waals surface area contributed by atoms with E-state index in [4.69, 9.17) is 4.43 Å². The molecule has 0 spiro atoms. The van der Waals surface area contributed by atoms with Gasteiger partial charge in [0.05, 0.1) is 0 Å². The fourth-order valence-corrected chi connectivity index (χ4v) is 3.67. The van der Waals surface area contributed by atoms with Crippen LogP contribution in [0.15, 0.2) is 28.7 Å². The maximum atomic E-state index is 13.7. The molecule has 1 aromatic carbocycles. The summed E-state index contributed by atoms with van der Waals surface area (Å²) in [5, 5.41) is 2.84. The summed E-state index contributed by atoms with van der Waals surface area (Å²) >= 11 is 3.27. The van der Waals surface area contributed by atoms with Gasteiger partial charge in [-0.25, -0.2) is 0 Å². The predicted octanol–water partition coefficient (Wildman–Crippen LogP) is 6.83. The van der Waals surface area contributed by atoms with E-state index in [9.17, 15) is 13.2 Å². The first-order valence-electron chi connectivity index (χ1n) is 9.00. The van der Waals surface area contributed by atoms with Crippen molar-refractivity contribution >= 4 is 24.2 Å². The second-order valence-electron chi connectivity index (χ2n) is 8.25. The van der Waals surface area contributed by atoms with Gasteiger partial charge in [-0.2, -0.15) is 13.2 Å². The summed E-state index contributed by atoms with van der Waals surface area (Å²) < 4.78 is 47.9. The Hall–Kier alpha value is -0.373. The Bertz CT molecular complexity index is 555. The van der Waals surface area contributed by atoms with Crippen molar-refractivity contribution in [3.63, 3.8) is 0 Å². The van der Waals surface area contributed by atoms with E-state index in [0.717, 1.165) is 10.9 Å². The van der Waals surface area contributed by atoms with Gasteiger partial charge in [-0.15, -0.1) is 0 Å². The van der Waals surface area contributed by atoms with Gasteiger partial charge in [0.15, 0.2) is 8.32 Å². The molecule has 0 unspecified atom stereocenters. The van der Waals surface area contributed by atoms with Gasteiger partial charge in [0.1, 0.15) is 6.04 Å². The number of rotatable bonds is 8. The highest BCUT2D eigenvalue weighted by Gasteiger charge is 2.42. The molecule has 0 aliphatic rings. The molecule has 2 atom stereocenters. The molecular weight excluding hydrogens is 423 g/mol. The summed E-state index contributed by atoms with van der Waals surface area (Å²) in [5.74, 6) is 0. The minimum Gasteiger partial charge on any atom is -0.415 e. The van der Waals surface area contributed by atoms with Crippen molar-refractivity contribution in [3.05, 3.63) is 34.3 Å². The van der Waals surface area contributed by atoms with Gasteiger partial charge < -0.3 is 4.43 Å². The Balaban J connectivity index is 2.95. The Morgan fingerprint density at radius 2 is 1.65 bits per heavy atom. The molecule has 0 saturated carbocycles. The molecule has 0 heterocycles. The minimum atomic E-state index is -4.36. The van der Waals surface area contributed by atoms with Crippen molar-refractivity contribution in [1.29, 1.82) is 0 Å². The van der Waals surface area contributed by atoms with E-state index in [1.807, 2.05) is 6.92 Å². The molecule has 0 saturated heterocycles. The van der Waals surface area contributed by atoms with Crippen LogP contribution in [0.1, 0.15) is 52.1 Å². The van der Waals surface area contributed by atoms with Crippen LogP contribution in [0, 0.1) is 0 Å². The van der Waals surface area contributed by atoms with Crippen LogP contribution >= 0.6 is 15.9 Å². The zero-order valence-electron chi connectivity index (χ0n) is 16.5. The molecule has 0 aliphatic carbocycles. The lowest BCUT2D eigenvalue weighted by molar-refractivity contribution is -0.160. The highest BCUT2D eigenvalue weighted by Crippen LogP contribution is 2.37. The lowest BCUT2D eigenvalue weighted by Gasteiger charge is -2.38. The second-order valence-corrected chi connectivity index (χ2v) is 14.0. The third kappa shape index (κ3) is 6.98. The quantitative estimate of drug-likeness (QED) is 0.435. The monoisotopic (exact) mass is 453 g/mol. The maximum absolute atomic E-state index is 13.7. The summed E-state index contributed by atoms with van der Waals surface area (Å²) in [6.07, 6.45) is -2.93. The Morgan fingerprint density at radius 3 is 2.08 bits per heavy atom. The first kappa shape index (κ1) is 23.7. The van der Waals surface area contributed by atoms with Crippen molar-refractivity contribution in [3.8, 4) is 0 Å². The van der Waals surface area contributed by atoms with Gasteiger partial charge in [-0.1, -0.05) is 62.2 Å². The van der Waals surface area contributed by atoms with E-state index in [-0.39, 0.29) is 16.6 Å². The van der Waals surface area contributed by atoms with Crippen molar-refractivity contribution < 1.29 is 17.6 Å². The molecule has 1 rings (SSSR count). The average Bonchev–Trinajstić information content (AvgIpc) is 2.49. The lowest BCUT2D eigenvalue weighted by atomic mass is 10.0. The molecule has 1 N–H and O–H groups in total. The molecule has 0 aromatic heterocycles. The third-order valence-corrected chi connectivity index (χ3v) is 10.1. The smallest absolute Gasteiger partial charge is 0.407 e. The van der Waals surface area contributed by atoms with Crippen molar-refractivity contribution in [2.24, 2.45) is 0 Å². The summed E-state index contributed by atoms with van der Waals surface area (Å²) in [7, 11) is -2.01. The van der Waals surface area contributed by atoms with Crippen molar-refractivity contribution in [2.75, 3.05) is 6.61 Å². The number of alkyl halides is 3. The SMILES string of the molecule is CCC[C@@H](CO[Si](C)(C)C(C)(C)C)N[C@@H](c1ccc(Br)cc1)C(F)(F)F. The zero-order chi connectivity index (χ0) is 20.2. The van der Waals surface area contributed by atoms with E-state index in [1.165, 1.54) is 12.1 Å². The van der Waals surface area contributed by atoms with Crippen molar-refractivity contribution in [2.45, 2.75) is 76.9 Å². The van der Waals surface area contributed by atoms with Crippen molar-refractivity contribution in [1.82, 2.24) is 5.32 Å². The Morgan fingerprint density at radius 1 is 1.12 bits per heavy atom. The topological polar surface area (TPSA) is 21.3 Å². The Labute approximate surface area is 165 Å². The molecule has 0 bridgehead atoms. The van der Waals surface area contributed by atoms with Gasteiger partial charge >= 0.3 is 6.18 Å². The van der Waals surface area contributed by atoms with Crippen LogP contribution in [-0.4, -0.2) is 27.1 Å². The molecule has 7 heteroatoms. The normalized spacial score (nSPS) is 15.8. The van der Waals surface area contributed by atoms with Crippen LogP contribution < -0.4 is 5.32 Å². The number of nitrogens with one attached hydrogen (secondary N) is 1. The van der Waals surface area contributed by atoms with Gasteiger partial charge in [0, 0.05) is 17.1 Å². The number of hydrogen-bond acceptors (Lipinski definition) is 2. The first-order chi connectivity index (χ1) is 11.8. The second kappa shape index (κ2) is 9.21. The molecule has 0 radical (unpaired) electrons. The highest BCUT2D eigenvalue weighted by atomic mass is 79.9. The largest absolute Gasteiger partial charge is 0.415 e. The molecule has 2 nitrogen and oxygen atoms in total. The predicted molar refractivity (Wildman–Crippen MR) is 108 cm³/mol. The van der Waals surface area contributed by atoms with Crippen LogP contribution in [0.5, 0.6) is 0 Å². The molecule has 0 amide bonds. The summed E-state index contributed by atoms with van der Waals surface area (Å²) in [6.45, 7) is 12.9. The summed E-state index contributed by atoms with van der Waals surface area (Å²) in [6, 6.07) is 4.24. The standard InChI is InChI=1S/C19H31BrF3NOSi/c1-7-8-16(13-25-26(5,6)18(2,3)4)24-17(19(21,22)23)14-9-11-15(20)12-10-14/h9-12,16-17,24H,7-8,13H2,1-6H3/t16-,17-/m0/s1. The van der Waals surface area contributed by atoms with Gasteiger partial charge in [0.2, 0.25) is 0 Å². The first-order valence-corrected chi connectivity index (χ1v) is 12.7. The fraction of sp³-hybridized carbons (Fsp3) is 0.684. The molecule has 0 fully saturated rings. The van der Waals surface area contributed by atoms with E-state index in [1.54, 1.807) is 12.1 Å². The average molecular weight is 454 g/mol. The number of halogens is 4. The fourth-order valence-electron chi connectivity index (χ4n) is 2.36. The van der Waals surface area contributed by atoms with Crippen LogP contribution in [0.25, 0.3) is 0 Å². The van der Waals surface area contributed by atoms with Crippen LogP contribution in [0.4, 0.5) is 13.2 Å². The highest BCUT2D eigenvalue weighted by molar-refractivity contribution is 9.10. The van der Waals surface area contributed by atoms with Crippen LogP contribution in [-0.2, 0) is 4.43 Å². The van der Waals surface area contributed by atoms with Crippen LogP contribution in [0.2, 0.25) is 18.1 Å². The number of hydrogen-bond donors (Lipinski definition) is 1. The number of benzene rings is 1. The summed E-state index contributed by atoms with van der Waals surface area (Å²) in [5.41, 5.74) is 0.217. The molecular formula is C19H31BrF3NOSi. The molecule has 1 aromatic rings. The van der Waals surface area contributed by atoms with E-state index >= 15 is 0 Å². The van der Waals surface area contributed by atoms with E-state index in [0.29, 0.717) is 13.0 Å². The molecule has 150 valence electrons. The molecule has 26 heavy (non-hydrogen) atoms. The lowest BCUT2D eigenvalue weighted by Crippen LogP contribution is -2.47. The minimum absolute atomic E-state index is 0.0267. The van der Waals surface area contributed by atoms with Crippen LogP contribution in [0.3, 0.4) is 0 Å². The maximum Gasteiger partial charge on any atom is 0.407 e. The van der Waals surface area contributed by atoms with E-state index in [2.05, 4.69) is 55.1 Å². The third-order valence-electron chi connectivity index (χ3n) is 5.02. The Kier molecular flexibility index (Phi) is 8.39. The summed E-state index contributed by atoms with van der Waals surface area (Å²) in [4.78, 5) is 0. The molecule has 0 aliphatic heterocycles. The van der Waals surface area contributed by atoms with Gasteiger partial charge in [-0.05, 0) is 42.2 Å². The van der Waals surface area contributed by atoms with Gasteiger partial charge in [-0.3, -0.25) is 5.32 Å². The zero-order valence-corrected chi connectivity index (χ0v) is 19.1. The van der Waals surface area contributed by atoms with E-state index < -0.39 is 20.5 Å². The van der Waals surface area contributed by atoms with Gasteiger partial charge in [0.25, 0.3) is 0 Å².